The van der Waals surface area contributed by atoms with Crippen molar-refractivity contribution in [2.75, 3.05) is 11.9 Å². The zero-order valence-electron chi connectivity index (χ0n) is 13.3. The Labute approximate surface area is 158 Å². The van der Waals surface area contributed by atoms with Crippen LogP contribution in [0.5, 0.6) is 0 Å². The fraction of sp³-hybridized carbons (Fsp3) is 0.267. The fourth-order valence-corrected chi connectivity index (χ4v) is 6.00. The van der Waals surface area contributed by atoms with Gasteiger partial charge in [-0.05, 0) is 37.1 Å². The summed E-state index contributed by atoms with van der Waals surface area (Å²) in [6.45, 7) is 0.246. The lowest BCUT2D eigenvalue weighted by Gasteiger charge is -2.22. The number of nitrogens with one attached hydrogen (secondary N) is 1. The van der Waals surface area contributed by atoms with Crippen LogP contribution in [0.25, 0.3) is 0 Å². The van der Waals surface area contributed by atoms with Crippen LogP contribution >= 0.6 is 22.9 Å². The molecule has 8 nitrogen and oxygen atoms in total. The highest BCUT2D eigenvalue weighted by Crippen LogP contribution is 2.32. The van der Waals surface area contributed by atoms with Gasteiger partial charge in [-0.2, -0.15) is 4.31 Å². The van der Waals surface area contributed by atoms with Gasteiger partial charge in [0.1, 0.15) is 10.3 Å². The molecule has 1 saturated heterocycles. The fourth-order valence-electron chi connectivity index (χ4n) is 2.73. The van der Waals surface area contributed by atoms with E-state index in [0.29, 0.717) is 22.9 Å². The molecule has 0 unspecified atom stereocenters. The molecule has 0 saturated carbocycles. The van der Waals surface area contributed by atoms with Crippen molar-refractivity contribution < 1.29 is 18.1 Å². The number of hydrogen-bond donors (Lipinski definition) is 1. The normalized spacial score (nSPS) is 18.0. The second-order valence-corrected chi connectivity index (χ2v) is 9.46. The van der Waals surface area contributed by atoms with E-state index in [2.05, 4.69) is 5.32 Å². The van der Waals surface area contributed by atoms with Gasteiger partial charge in [0.2, 0.25) is 5.91 Å². The molecule has 0 bridgehead atoms. The Balaban J connectivity index is 1.77. The first-order valence-corrected chi connectivity index (χ1v) is 10.2. The summed E-state index contributed by atoms with van der Waals surface area (Å²) in [5.74, 6) is -0.470. The third-order valence-corrected chi connectivity index (χ3v) is 7.57. The quantitative estimate of drug-likeness (QED) is 0.596. The number of benzene rings is 1. The zero-order chi connectivity index (χ0) is 18.9. The number of nitro benzene ring substituents is 1. The molecule has 1 fully saturated rings. The van der Waals surface area contributed by atoms with Crippen LogP contribution in [-0.4, -0.2) is 36.1 Å². The summed E-state index contributed by atoms with van der Waals surface area (Å²) in [6.07, 6.45) is 0.966. The number of non-ortho nitro benzene ring substituents is 1. The van der Waals surface area contributed by atoms with Crippen LogP contribution in [0.1, 0.15) is 12.8 Å². The molecule has 1 aromatic heterocycles. The Morgan fingerprint density at radius 3 is 2.54 bits per heavy atom. The lowest BCUT2D eigenvalue weighted by molar-refractivity contribution is -0.384. The van der Waals surface area contributed by atoms with Gasteiger partial charge in [0, 0.05) is 24.4 Å². The molecular weight excluding hydrogens is 402 g/mol. The van der Waals surface area contributed by atoms with E-state index < -0.39 is 26.9 Å². The largest absolute Gasteiger partial charge is 0.325 e. The van der Waals surface area contributed by atoms with Crippen molar-refractivity contribution in [1.29, 1.82) is 0 Å². The molecule has 3 rings (SSSR count). The van der Waals surface area contributed by atoms with E-state index in [1.165, 1.54) is 40.7 Å². The van der Waals surface area contributed by atoms with Crippen LogP contribution in [0.2, 0.25) is 4.34 Å². The number of amides is 1. The Morgan fingerprint density at radius 2 is 1.96 bits per heavy atom. The van der Waals surface area contributed by atoms with Gasteiger partial charge >= 0.3 is 0 Å². The third kappa shape index (κ3) is 3.73. The maximum absolute atomic E-state index is 12.8. The van der Waals surface area contributed by atoms with E-state index in [0.717, 1.165) is 11.3 Å². The summed E-state index contributed by atoms with van der Waals surface area (Å²) in [4.78, 5) is 22.7. The van der Waals surface area contributed by atoms with Crippen LogP contribution < -0.4 is 5.32 Å². The summed E-state index contributed by atoms with van der Waals surface area (Å²) in [6, 6.07) is 7.44. The van der Waals surface area contributed by atoms with E-state index in [4.69, 9.17) is 11.6 Å². The molecule has 138 valence electrons. The van der Waals surface area contributed by atoms with Crippen molar-refractivity contribution in [2.24, 2.45) is 0 Å². The number of sulfonamides is 1. The van der Waals surface area contributed by atoms with E-state index in [-0.39, 0.29) is 16.4 Å². The second-order valence-electron chi connectivity index (χ2n) is 5.63. The monoisotopic (exact) mass is 415 g/mol. The molecule has 0 spiro atoms. The van der Waals surface area contributed by atoms with Crippen LogP contribution in [0.3, 0.4) is 0 Å². The first kappa shape index (κ1) is 18.8. The number of thiophene rings is 1. The predicted octanol–water partition coefficient (Wildman–Crippen LogP) is 3.10. The average Bonchev–Trinajstić information content (AvgIpc) is 3.24. The first-order chi connectivity index (χ1) is 12.3. The SMILES string of the molecule is O=C(Nc1ccc([N+](=O)[O-])cc1)[C@H]1CCCN1S(=O)(=O)c1ccc(Cl)s1. The predicted molar refractivity (Wildman–Crippen MR) is 98.0 cm³/mol. The number of hydrogen-bond acceptors (Lipinski definition) is 6. The number of carbonyl (C=O) groups excluding carboxylic acids is 1. The topological polar surface area (TPSA) is 110 Å². The molecule has 1 aliphatic heterocycles. The molecule has 26 heavy (non-hydrogen) atoms. The van der Waals surface area contributed by atoms with Crippen molar-refractivity contribution in [3.05, 3.63) is 50.8 Å². The Morgan fingerprint density at radius 1 is 1.27 bits per heavy atom. The molecule has 1 N–H and O–H groups in total. The molecule has 1 atom stereocenters. The summed E-state index contributed by atoms with van der Waals surface area (Å²) >= 11 is 6.77. The Kier molecular flexibility index (Phi) is 5.28. The summed E-state index contributed by atoms with van der Waals surface area (Å²) < 4.78 is 27.1. The van der Waals surface area contributed by atoms with Crippen molar-refractivity contribution in [3.63, 3.8) is 0 Å². The smallest absolute Gasteiger partial charge is 0.269 e. The van der Waals surface area contributed by atoms with Gasteiger partial charge in [-0.3, -0.25) is 14.9 Å². The highest BCUT2D eigenvalue weighted by atomic mass is 35.5. The molecule has 1 aromatic carbocycles. The number of carbonyl (C=O) groups is 1. The van der Waals surface area contributed by atoms with Gasteiger partial charge in [0.05, 0.1) is 9.26 Å². The van der Waals surface area contributed by atoms with Gasteiger partial charge in [-0.15, -0.1) is 11.3 Å². The van der Waals surface area contributed by atoms with E-state index in [1.54, 1.807) is 0 Å². The second kappa shape index (κ2) is 7.31. The summed E-state index contributed by atoms with van der Waals surface area (Å²) in [7, 11) is -3.81. The third-order valence-electron chi connectivity index (χ3n) is 3.96. The van der Waals surface area contributed by atoms with Gasteiger partial charge in [-0.1, -0.05) is 11.6 Å². The minimum absolute atomic E-state index is 0.0948. The number of nitro groups is 1. The molecule has 1 aliphatic rings. The van der Waals surface area contributed by atoms with E-state index in [9.17, 15) is 23.3 Å². The summed E-state index contributed by atoms with van der Waals surface area (Å²) in [5, 5.41) is 13.3. The molecule has 1 amide bonds. The lowest BCUT2D eigenvalue weighted by atomic mass is 10.2. The van der Waals surface area contributed by atoms with Crippen molar-refractivity contribution in [3.8, 4) is 0 Å². The molecule has 2 aromatic rings. The van der Waals surface area contributed by atoms with Gasteiger partial charge < -0.3 is 5.32 Å². The number of nitrogens with zero attached hydrogens (tertiary/aromatic N) is 2. The van der Waals surface area contributed by atoms with Crippen LogP contribution in [0, 0.1) is 10.1 Å². The minimum atomic E-state index is -3.81. The Hall–Kier alpha value is -2.01. The Bertz CT molecular complexity index is 942. The molecule has 11 heteroatoms. The van der Waals surface area contributed by atoms with Crippen molar-refractivity contribution in [2.45, 2.75) is 23.1 Å². The first-order valence-electron chi connectivity index (χ1n) is 7.61. The highest BCUT2D eigenvalue weighted by molar-refractivity contribution is 7.91. The van der Waals surface area contributed by atoms with Crippen molar-refractivity contribution >= 4 is 50.2 Å². The van der Waals surface area contributed by atoms with Gasteiger partial charge in [0.15, 0.2) is 0 Å². The van der Waals surface area contributed by atoms with E-state index >= 15 is 0 Å². The van der Waals surface area contributed by atoms with Gasteiger partial charge in [-0.25, -0.2) is 8.42 Å². The highest BCUT2D eigenvalue weighted by Gasteiger charge is 2.40. The number of rotatable bonds is 5. The lowest BCUT2D eigenvalue weighted by Crippen LogP contribution is -2.42. The zero-order valence-corrected chi connectivity index (χ0v) is 15.7. The minimum Gasteiger partial charge on any atom is -0.325 e. The maximum atomic E-state index is 12.8. The van der Waals surface area contributed by atoms with Crippen molar-refractivity contribution in [1.82, 2.24) is 4.31 Å². The average molecular weight is 416 g/mol. The number of anilines is 1. The summed E-state index contributed by atoms with van der Waals surface area (Å²) in [5.41, 5.74) is 0.270. The molecule has 0 aliphatic carbocycles. The molecule has 2 heterocycles. The molecular formula is C15H14ClN3O5S2. The number of halogens is 1. The standard InChI is InChI=1S/C15H14ClN3O5S2/c16-13-7-8-14(25-13)26(23,24)18-9-1-2-12(18)15(20)17-10-3-5-11(6-4-10)19(21)22/h3-8,12H,1-2,9H2,(H,17,20)/t12-/m1/s1. The van der Waals surface area contributed by atoms with Crippen LogP contribution in [0.15, 0.2) is 40.6 Å². The molecule has 0 radical (unpaired) electrons. The van der Waals surface area contributed by atoms with E-state index in [1.807, 2.05) is 0 Å². The van der Waals surface area contributed by atoms with Crippen LogP contribution in [-0.2, 0) is 14.8 Å². The maximum Gasteiger partial charge on any atom is 0.269 e. The van der Waals surface area contributed by atoms with Gasteiger partial charge in [0.25, 0.3) is 15.7 Å². The van der Waals surface area contributed by atoms with Crippen LogP contribution in [0.4, 0.5) is 11.4 Å².